The van der Waals surface area contributed by atoms with Crippen molar-refractivity contribution >= 4 is 65.0 Å². The van der Waals surface area contributed by atoms with E-state index in [1.54, 1.807) is 6.07 Å². The summed E-state index contributed by atoms with van der Waals surface area (Å²) in [5, 5.41) is 9.51. The lowest BCUT2D eigenvalue weighted by Gasteiger charge is -2.18. The van der Waals surface area contributed by atoms with Gasteiger partial charge in [0.15, 0.2) is 0 Å². The van der Waals surface area contributed by atoms with Crippen molar-refractivity contribution in [3.63, 3.8) is 0 Å². The van der Waals surface area contributed by atoms with E-state index in [4.69, 9.17) is 9.90 Å². The Morgan fingerprint density at radius 1 is 0.415 bits per heavy atom. The molecule has 41 heavy (non-hydrogen) atoms. The summed E-state index contributed by atoms with van der Waals surface area (Å²) in [6, 6.07) is 41.4. The molecule has 0 bridgehead atoms. The highest BCUT2D eigenvalue weighted by Crippen LogP contribution is 2.47. The third-order valence-electron chi connectivity index (χ3n) is 8.35. The molecular formula is C40H24O. The van der Waals surface area contributed by atoms with Crippen molar-refractivity contribution in [3.8, 4) is 22.3 Å². The van der Waals surface area contributed by atoms with Crippen LogP contribution in [0.25, 0.3) is 87.3 Å². The average molecular weight is 525 g/mol. The number of furan rings is 1. The van der Waals surface area contributed by atoms with Gasteiger partial charge in [0.1, 0.15) is 11.2 Å². The second-order valence-electron chi connectivity index (χ2n) is 10.6. The zero-order valence-electron chi connectivity index (χ0n) is 26.0. The van der Waals surface area contributed by atoms with Gasteiger partial charge in [-0.1, -0.05) is 133 Å². The van der Waals surface area contributed by atoms with Crippen molar-refractivity contribution < 1.29 is 9.90 Å². The van der Waals surface area contributed by atoms with Crippen molar-refractivity contribution in [2.75, 3.05) is 0 Å². The molecule has 0 aliphatic rings. The Bertz CT molecular complexity index is 2650. The van der Waals surface area contributed by atoms with E-state index in [2.05, 4.69) is 97.1 Å². The molecule has 0 spiro atoms. The third-order valence-corrected chi connectivity index (χ3v) is 8.35. The first-order valence-electron chi connectivity index (χ1n) is 15.8. The Hall–Kier alpha value is -5.40. The van der Waals surface area contributed by atoms with E-state index in [0.29, 0.717) is 21.9 Å². The molecule has 1 heterocycles. The molecule has 0 fully saturated rings. The van der Waals surface area contributed by atoms with E-state index < -0.39 is 0 Å². The minimum Gasteiger partial charge on any atom is -0.455 e. The quantitative estimate of drug-likeness (QED) is 0.205. The number of para-hydroxylation sites is 1. The molecule has 0 aliphatic carbocycles. The largest absolute Gasteiger partial charge is 0.455 e. The lowest BCUT2D eigenvalue weighted by Crippen LogP contribution is -1.91. The van der Waals surface area contributed by atoms with Crippen LogP contribution < -0.4 is 0 Å². The molecule has 0 N–H and O–H groups in total. The Kier molecular flexibility index (Phi) is 3.92. The zero-order valence-corrected chi connectivity index (χ0v) is 22.0. The van der Waals surface area contributed by atoms with Gasteiger partial charge in [-0.3, -0.25) is 0 Å². The van der Waals surface area contributed by atoms with E-state index >= 15 is 0 Å². The van der Waals surface area contributed by atoms with Gasteiger partial charge in [0, 0.05) is 27.3 Å². The molecule has 0 radical (unpaired) electrons. The maximum Gasteiger partial charge on any atom is 0.143 e. The topological polar surface area (TPSA) is 13.1 Å². The lowest BCUT2D eigenvalue weighted by molar-refractivity contribution is 0.674. The van der Waals surface area contributed by atoms with Crippen LogP contribution in [0.1, 0.15) is 5.48 Å². The normalized spacial score (nSPS) is 13.3. The number of fused-ring (bicyclic) bond motifs is 8. The zero-order chi connectivity index (χ0) is 30.4. The SMILES string of the molecule is [2H]c1c([2H])c([2H])c2c(ccc3c4cccc(-c5c6ccccc6c(-c6ccc7ccccc7c6)c6ccccc56)c4oc32)c1[2H]. The minimum atomic E-state index is -0.262. The highest BCUT2D eigenvalue weighted by molar-refractivity contribution is 6.25. The molecule has 0 saturated heterocycles. The van der Waals surface area contributed by atoms with Crippen LogP contribution in [0.3, 0.4) is 0 Å². The molecule has 8 aromatic carbocycles. The monoisotopic (exact) mass is 524 g/mol. The van der Waals surface area contributed by atoms with E-state index in [0.717, 1.165) is 49.0 Å². The standard InChI is InChI=1S/C40H24O/c1-2-12-27-24-28(21-20-25(27)10-1)37-30-14-5-7-16-32(30)38(33-17-8-6-15-31(33)37)36-19-9-18-34-35-23-22-26-11-3-4-13-29(26)39(35)41-40(34)36/h1-24H/i3D,4D,11D,13D. The second-order valence-corrected chi connectivity index (χ2v) is 10.6. The molecule has 0 amide bonds. The van der Waals surface area contributed by atoms with Gasteiger partial charge in [-0.25, -0.2) is 0 Å². The fraction of sp³-hybridized carbons (Fsp3) is 0. The van der Waals surface area contributed by atoms with Gasteiger partial charge in [-0.05, 0) is 61.0 Å². The van der Waals surface area contributed by atoms with Crippen molar-refractivity contribution in [3.05, 3.63) is 145 Å². The molecule has 9 rings (SSSR count). The van der Waals surface area contributed by atoms with Crippen LogP contribution in [-0.2, 0) is 0 Å². The van der Waals surface area contributed by atoms with E-state index in [-0.39, 0.29) is 24.2 Å². The Morgan fingerprint density at radius 2 is 1.02 bits per heavy atom. The summed E-state index contributed by atoms with van der Waals surface area (Å²) in [6.45, 7) is 0. The van der Waals surface area contributed by atoms with Crippen LogP contribution in [0, 0.1) is 0 Å². The summed E-state index contributed by atoms with van der Waals surface area (Å²) in [5.74, 6) is 0. The predicted octanol–water partition coefficient (Wildman–Crippen LogP) is 11.5. The molecule has 0 saturated carbocycles. The second kappa shape index (κ2) is 8.55. The van der Waals surface area contributed by atoms with Crippen LogP contribution in [-0.4, -0.2) is 0 Å². The third kappa shape index (κ3) is 3.24. The molecule has 1 heteroatoms. The summed E-state index contributed by atoms with van der Waals surface area (Å²) in [4.78, 5) is 0. The van der Waals surface area contributed by atoms with Gasteiger partial charge in [-0.2, -0.15) is 0 Å². The molecule has 0 unspecified atom stereocenters. The van der Waals surface area contributed by atoms with Crippen LogP contribution in [0.4, 0.5) is 0 Å². The summed E-state index contributed by atoms with van der Waals surface area (Å²) in [5.41, 5.74) is 5.53. The summed E-state index contributed by atoms with van der Waals surface area (Å²) >= 11 is 0. The summed E-state index contributed by atoms with van der Waals surface area (Å²) in [6.07, 6.45) is 0. The molecule has 0 atom stereocenters. The molecule has 1 nitrogen and oxygen atoms in total. The molecule has 1 aromatic heterocycles. The van der Waals surface area contributed by atoms with Gasteiger partial charge >= 0.3 is 0 Å². The van der Waals surface area contributed by atoms with Gasteiger partial charge < -0.3 is 4.42 Å². The number of benzene rings is 8. The Labute approximate surface area is 242 Å². The van der Waals surface area contributed by atoms with E-state index in [1.165, 1.54) is 16.3 Å². The Balaban J connectivity index is 1.41. The van der Waals surface area contributed by atoms with E-state index in [9.17, 15) is 0 Å². The maximum absolute atomic E-state index is 8.72. The number of hydrogen-bond donors (Lipinski definition) is 0. The Morgan fingerprint density at radius 3 is 1.80 bits per heavy atom. The van der Waals surface area contributed by atoms with Crippen molar-refractivity contribution in [1.82, 2.24) is 0 Å². The average Bonchev–Trinajstić information content (AvgIpc) is 3.47. The minimum absolute atomic E-state index is 0.0603. The van der Waals surface area contributed by atoms with Gasteiger partial charge in [0.2, 0.25) is 0 Å². The van der Waals surface area contributed by atoms with Crippen LogP contribution in [0.2, 0.25) is 0 Å². The fourth-order valence-electron chi connectivity index (χ4n) is 6.55. The van der Waals surface area contributed by atoms with Crippen molar-refractivity contribution in [2.24, 2.45) is 0 Å². The summed E-state index contributed by atoms with van der Waals surface area (Å²) < 4.78 is 40.4. The van der Waals surface area contributed by atoms with Gasteiger partial charge in [0.25, 0.3) is 0 Å². The van der Waals surface area contributed by atoms with Crippen molar-refractivity contribution in [1.29, 1.82) is 0 Å². The predicted molar refractivity (Wildman–Crippen MR) is 175 cm³/mol. The number of hydrogen-bond acceptors (Lipinski definition) is 1. The van der Waals surface area contributed by atoms with Crippen molar-refractivity contribution in [2.45, 2.75) is 0 Å². The summed E-state index contributed by atoms with van der Waals surface area (Å²) in [7, 11) is 0. The number of rotatable bonds is 2. The maximum atomic E-state index is 8.72. The lowest BCUT2D eigenvalue weighted by atomic mass is 9.85. The van der Waals surface area contributed by atoms with Crippen LogP contribution in [0.15, 0.2) is 150 Å². The van der Waals surface area contributed by atoms with E-state index in [1.807, 2.05) is 18.2 Å². The smallest absolute Gasteiger partial charge is 0.143 e. The first-order valence-corrected chi connectivity index (χ1v) is 13.8. The molecule has 0 aliphatic heterocycles. The highest BCUT2D eigenvalue weighted by atomic mass is 16.3. The first kappa shape index (κ1) is 18.8. The highest BCUT2D eigenvalue weighted by Gasteiger charge is 2.20. The fourth-order valence-corrected chi connectivity index (χ4v) is 6.55. The molecule has 190 valence electrons. The van der Waals surface area contributed by atoms with Gasteiger partial charge in [-0.15, -0.1) is 0 Å². The molecular weight excluding hydrogens is 496 g/mol. The van der Waals surface area contributed by atoms with Gasteiger partial charge in [0.05, 0.1) is 5.48 Å². The molecule has 9 aromatic rings. The first-order chi connectivity index (χ1) is 22.0. The van der Waals surface area contributed by atoms with Crippen LogP contribution in [0.5, 0.6) is 0 Å². The van der Waals surface area contributed by atoms with Crippen LogP contribution >= 0.6 is 0 Å².